The number of amides is 1. The summed E-state index contributed by atoms with van der Waals surface area (Å²) >= 11 is 1.80. The van der Waals surface area contributed by atoms with E-state index in [0.29, 0.717) is 6.04 Å². The van der Waals surface area contributed by atoms with Crippen LogP contribution in [0.4, 0.5) is 0 Å². The summed E-state index contributed by atoms with van der Waals surface area (Å²) in [5.41, 5.74) is 0. The summed E-state index contributed by atoms with van der Waals surface area (Å²) in [6.07, 6.45) is 7.26. The van der Waals surface area contributed by atoms with E-state index in [2.05, 4.69) is 15.6 Å². The zero-order valence-corrected chi connectivity index (χ0v) is 11.5. The van der Waals surface area contributed by atoms with Crippen LogP contribution in [0.5, 0.6) is 0 Å². The van der Waals surface area contributed by atoms with Gasteiger partial charge < -0.3 is 10.6 Å². The van der Waals surface area contributed by atoms with Crippen LogP contribution in [-0.2, 0) is 4.79 Å². The average Bonchev–Trinajstić information content (AvgIpc) is 2.41. The monoisotopic (exact) mass is 267 g/mol. The first kappa shape index (κ1) is 12.3. The number of hydrogen-bond donors (Lipinski definition) is 2. The number of piperidine rings is 1. The lowest BCUT2D eigenvalue weighted by molar-refractivity contribution is -0.123. The molecular formula is C13H21N3OS. The Kier molecular flexibility index (Phi) is 3.77. The van der Waals surface area contributed by atoms with E-state index in [1.165, 1.54) is 31.4 Å². The summed E-state index contributed by atoms with van der Waals surface area (Å²) in [5.74, 6) is 2.08. The second-order valence-electron chi connectivity index (χ2n) is 5.49. The van der Waals surface area contributed by atoms with Gasteiger partial charge in [-0.15, -0.1) is 0 Å². The third kappa shape index (κ3) is 2.66. The van der Waals surface area contributed by atoms with Crippen molar-refractivity contribution in [1.82, 2.24) is 10.6 Å². The fraction of sp³-hybridized carbons (Fsp3) is 0.846. The number of hydrogen-bond acceptors (Lipinski definition) is 3. The molecule has 1 saturated carbocycles. The molecule has 3 unspecified atom stereocenters. The topological polar surface area (TPSA) is 53.5 Å². The van der Waals surface area contributed by atoms with Gasteiger partial charge in [-0.3, -0.25) is 4.79 Å². The fourth-order valence-electron chi connectivity index (χ4n) is 3.08. The highest BCUT2D eigenvalue weighted by Gasteiger charge is 2.31. The molecule has 3 aliphatic rings. The minimum atomic E-state index is -0.158. The van der Waals surface area contributed by atoms with E-state index in [1.54, 1.807) is 11.8 Å². The molecule has 2 heterocycles. The third-order valence-electron chi connectivity index (χ3n) is 4.18. The highest BCUT2D eigenvalue weighted by atomic mass is 32.2. The molecular weight excluding hydrogens is 246 g/mol. The molecule has 3 rings (SSSR count). The first-order chi connectivity index (χ1) is 8.83. The van der Waals surface area contributed by atoms with Crippen molar-refractivity contribution in [2.45, 2.75) is 50.6 Å². The van der Waals surface area contributed by atoms with Crippen LogP contribution in [0.2, 0.25) is 0 Å². The maximum absolute atomic E-state index is 11.7. The van der Waals surface area contributed by atoms with Crippen molar-refractivity contribution in [1.29, 1.82) is 0 Å². The smallest absolute Gasteiger partial charge is 0.244 e. The van der Waals surface area contributed by atoms with Crippen LogP contribution >= 0.6 is 11.8 Å². The van der Waals surface area contributed by atoms with Gasteiger partial charge in [-0.05, 0) is 31.6 Å². The van der Waals surface area contributed by atoms with Gasteiger partial charge in [0.05, 0.1) is 0 Å². The minimum Gasteiger partial charge on any atom is -0.362 e. The molecule has 0 bridgehead atoms. The van der Waals surface area contributed by atoms with Crippen molar-refractivity contribution in [3.63, 3.8) is 0 Å². The molecule has 3 atom stereocenters. The van der Waals surface area contributed by atoms with Crippen molar-refractivity contribution in [2.24, 2.45) is 10.9 Å². The molecule has 3 fully saturated rings. The van der Waals surface area contributed by atoms with Crippen molar-refractivity contribution in [3.05, 3.63) is 0 Å². The van der Waals surface area contributed by atoms with Gasteiger partial charge in [0.2, 0.25) is 5.91 Å². The molecule has 1 amide bonds. The number of amidine groups is 1. The van der Waals surface area contributed by atoms with Crippen molar-refractivity contribution < 1.29 is 4.79 Å². The lowest BCUT2D eigenvalue weighted by Crippen LogP contribution is -2.47. The van der Waals surface area contributed by atoms with Crippen LogP contribution in [0.1, 0.15) is 38.5 Å². The summed E-state index contributed by atoms with van der Waals surface area (Å²) < 4.78 is 0. The molecule has 0 aromatic heterocycles. The first-order valence-electron chi connectivity index (χ1n) is 7.08. The minimum absolute atomic E-state index is 0.0990. The Morgan fingerprint density at radius 2 is 2.06 bits per heavy atom. The average molecular weight is 267 g/mol. The molecule has 100 valence electrons. The molecule has 2 N–H and O–H groups in total. The number of nitrogens with one attached hydrogen (secondary N) is 2. The zero-order valence-electron chi connectivity index (χ0n) is 10.7. The predicted molar refractivity (Wildman–Crippen MR) is 74.8 cm³/mol. The van der Waals surface area contributed by atoms with Gasteiger partial charge in [0.15, 0.2) is 5.17 Å². The quantitative estimate of drug-likeness (QED) is 0.757. The molecule has 1 aliphatic carbocycles. The molecule has 0 aromatic carbocycles. The number of carbonyl (C=O) groups is 1. The van der Waals surface area contributed by atoms with Crippen LogP contribution in [0.25, 0.3) is 0 Å². The Morgan fingerprint density at radius 3 is 2.94 bits per heavy atom. The Labute approximate surface area is 112 Å². The van der Waals surface area contributed by atoms with Crippen molar-refractivity contribution >= 4 is 22.8 Å². The van der Waals surface area contributed by atoms with Gasteiger partial charge in [0.1, 0.15) is 6.04 Å². The summed E-state index contributed by atoms with van der Waals surface area (Å²) in [5, 5.41) is 7.45. The lowest BCUT2D eigenvalue weighted by Gasteiger charge is -2.37. The van der Waals surface area contributed by atoms with E-state index in [1.807, 2.05) is 0 Å². The maximum atomic E-state index is 11.7. The maximum Gasteiger partial charge on any atom is 0.244 e. The molecule has 4 nitrogen and oxygen atoms in total. The predicted octanol–water partition coefficient (Wildman–Crippen LogP) is 1.52. The van der Waals surface area contributed by atoms with Crippen LogP contribution < -0.4 is 10.6 Å². The van der Waals surface area contributed by atoms with E-state index in [-0.39, 0.29) is 11.9 Å². The second kappa shape index (κ2) is 5.51. The largest absolute Gasteiger partial charge is 0.362 e. The normalized spacial score (nSPS) is 38.8. The van der Waals surface area contributed by atoms with Gasteiger partial charge in [-0.2, -0.15) is 0 Å². The standard InChI is InChI=1S/C13H21N3OS/c17-12-11(6-3-7-14-12)16-13-15-10-5-2-1-4-9(10)8-18-13/h9-11H,1-8H2,(H,14,17)(H,15,16). The van der Waals surface area contributed by atoms with E-state index >= 15 is 0 Å². The summed E-state index contributed by atoms with van der Waals surface area (Å²) in [7, 11) is 0. The van der Waals surface area contributed by atoms with Gasteiger partial charge in [0.25, 0.3) is 0 Å². The molecule has 2 saturated heterocycles. The first-order valence-corrected chi connectivity index (χ1v) is 8.06. The molecule has 18 heavy (non-hydrogen) atoms. The van der Waals surface area contributed by atoms with E-state index in [0.717, 1.165) is 30.5 Å². The Bertz CT molecular complexity index is 358. The zero-order chi connectivity index (χ0) is 12.4. The van der Waals surface area contributed by atoms with Crippen LogP contribution in [0.3, 0.4) is 0 Å². The number of thioether (sulfide) groups is 1. The molecule has 0 spiro atoms. The van der Waals surface area contributed by atoms with Crippen molar-refractivity contribution in [2.75, 3.05) is 12.3 Å². The number of nitrogens with zero attached hydrogens (tertiary/aromatic N) is 1. The second-order valence-corrected chi connectivity index (χ2v) is 6.50. The van der Waals surface area contributed by atoms with Crippen LogP contribution in [0.15, 0.2) is 4.99 Å². The third-order valence-corrected chi connectivity index (χ3v) is 5.27. The van der Waals surface area contributed by atoms with Gasteiger partial charge >= 0.3 is 0 Å². The van der Waals surface area contributed by atoms with E-state index in [4.69, 9.17) is 0 Å². The van der Waals surface area contributed by atoms with E-state index < -0.39 is 0 Å². The lowest BCUT2D eigenvalue weighted by atomic mass is 9.86. The highest BCUT2D eigenvalue weighted by Crippen LogP contribution is 2.31. The molecule has 0 radical (unpaired) electrons. The molecule has 2 aliphatic heterocycles. The number of carbonyl (C=O) groups excluding carboxylic acids is 1. The Balaban J connectivity index is 1.64. The van der Waals surface area contributed by atoms with Crippen LogP contribution in [-0.4, -0.2) is 35.5 Å². The summed E-state index contributed by atoms with van der Waals surface area (Å²) in [6.45, 7) is 0.811. The highest BCUT2D eigenvalue weighted by molar-refractivity contribution is 8.13. The summed E-state index contributed by atoms with van der Waals surface area (Å²) in [6, 6.07) is 0.444. The van der Waals surface area contributed by atoms with E-state index in [9.17, 15) is 4.79 Å². The Morgan fingerprint density at radius 1 is 1.17 bits per heavy atom. The number of aliphatic imine (C=N–C) groups is 1. The fourth-order valence-corrected chi connectivity index (χ4v) is 4.29. The molecule has 0 aromatic rings. The van der Waals surface area contributed by atoms with Gasteiger partial charge in [-0.1, -0.05) is 24.6 Å². The van der Waals surface area contributed by atoms with Crippen molar-refractivity contribution in [3.8, 4) is 0 Å². The Hall–Kier alpha value is -0.710. The number of rotatable bonds is 1. The van der Waals surface area contributed by atoms with Crippen LogP contribution in [0, 0.1) is 5.92 Å². The van der Waals surface area contributed by atoms with Gasteiger partial charge in [-0.25, -0.2) is 4.99 Å². The SMILES string of the molecule is O=C1NCCCC1N=C1NC2CCCCC2CS1. The number of fused-ring (bicyclic) bond motifs is 1. The molecule has 5 heteroatoms. The summed E-state index contributed by atoms with van der Waals surface area (Å²) in [4.78, 5) is 16.3. The van der Waals surface area contributed by atoms with Gasteiger partial charge in [0, 0.05) is 18.3 Å².